The van der Waals surface area contributed by atoms with E-state index < -0.39 is 0 Å². The van der Waals surface area contributed by atoms with Crippen molar-refractivity contribution in [2.45, 2.75) is 38.7 Å². The number of fused-ring (bicyclic) bond motifs is 3. The lowest BCUT2D eigenvalue weighted by atomic mass is 9.87. The lowest BCUT2D eigenvalue weighted by Gasteiger charge is -2.19. The van der Waals surface area contributed by atoms with Gasteiger partial charge >= 0.3 is 0 Å². The van der Waals surface area contributed by atoms with Gasteiger partial charge in [-0.25, -0.2) is 0 Å². The second kappa shape index (κ2) is 7.55. The van der Waals surface area contributed by atoms with Crippen LogP contribution in [0.25, 0.3) is 11.1 Å². The highest BCUT2D eigenvalue weighted by Crippen LogP contribution is 2.40. The van der Waals surface area contributed by atoms with E-state index in [1.54, 1.807) is 12.1 Å². The van der Waals surface area contributed by atoms with Crippen molar-refractivity contribution in [2.24, 2.45) is 5.73 Å². The molecule has 0 aromatic heterocycles. The number of aliphatic hydroxyl groups is 3. The first kappa shape index (κ1) is 18.5. The van der Waals surface area contributed by atoms with Crippen LogP contribution in [0.5, 0.6) is 5.75 Å². The van der Waals surface area contributed by atoms with Crippen LogP contribution in [0.2, 0.25) is 0 Å². The van der Waals surface area contributed by atoms with Gasteiger partial charge in [0.2, 0.25) is 5.43 Å². The van der Waals surface area contributed by atoms with Crippen LogP contribution in [-0.2, 0) is 26.2 Å². The van der Waals surface area contributed by atoms with Gasteiger partial charge in [-0.3, -0.25) is 4.79 Å². The Balaban J connectivity index is 2.43. The van der Waals surface area contributed by atoms with Gasteiger partial charge in [0, 0.05) is 6.04 Å². The molecule has 3 rings (SSSR count). The number of hydrogen-bond donors (Lipinski definition) is 4. The number of nitrogens with two attached hydrogens (primary N) is 1. The Labute approximate surface area is 151 Å². The van der Waals surface area contributed by atoms with Crippen LogP contribution in [0.1, 0.15) is 40.3 Å². The average Bonchev–Trinajstić information content (AvgIpc) is 2.89. The highest BCUT2D eigenvalue weighted by atomic mass is 16.5. The average molecular weight is 357 g/mol. The van der Waals surface area contributed by atoms with E-state index in [1.165, 1.54) is 13.2 Å². The normalized spacial score (nSPS) is 15.8. The molecule has 0 saturated carbocycles. The first-order valence-corrected chi connectivity index (χ1v) is 8.53. The summed E-state index contributed by atoms with van der Waals surface area (Å²) >= 11 is 0. The lowest BCUT2D eigenvalue weighted by molar-refractivity contribution is 0.248. The SMILES string of the molecule is COc1ccc2c(cc1=O)[C@@H](N)CCc1cc(CO)c(CO)c(CO)c1-2. The zero-order valence-electron chi connectivity index (χ0n) is 14.7. The van der Waals surface area contributed by atoms with Gasteiger partial charge in [0.15, 0.2) is 5.75 Å². The molecule has 2 aromatic rings. The molecule has 26 heavy (non-hydrogen) atoms. The number of hydrogen-bond acceptors (Lipinski definition) is 6. The number of methoxy groups -OCH3 is 1. The van der Waals surface area contributed by atoms with Crippen LogP contribution in [0.3, 0.4) is 0 Å². The highest BCUT2D eigenvalue weighted by molar-refractivity contribution is 5.77. The summed E-state index contributed by atoms with van der Waals surface area (Å²) in [7, 11) is 1.44. The van der Waals surface area contributed by atoms with E-state index in [4.69, 9.17) is 10.5 Å². The molecular weight excluding hydrogens is 334 g/mol. The maximum atomic E-state index is 12.4. The molecule has 0 heterocycles. The summed E-state index contributed by atoms with van der Waals surface area (Å²) in [5.74, 6) is 0.215. The van der Waals surface area contributed by atoms with E-state index in [0.29, 0.717) is 35.1 Å². The zero-order valence-corrected chi connectivity index (χ0v) is 14.7. The van der Waals surface area contributed by atoms with Crippen molar-refractivity contribution in [1.82, 2.24) is 0 Å². The van der Waals surface area contributed by atoms with E-state index in [2.05, 4.69) is 0 Å². The standard InChI is InChI=1S/C20H23NO5/c1-26-19-5-3-13-14(7-18(19)25)17(21)4-2-11-6-12(8-22)15(9-23)16(10-24)20(11)13/h3,5-7,17,22-24H,2,4,8-10,21H2,1H3/t17-/m0/s1. The van der Waals surface area contributed by atoms with Gasteiger partial charge in [0.25, 0.3) is 0 Å². The molecule has 0 saturated heterocycles. The van der Waals surface area contributed by atoms with E-state index in [-0.39, 0.29) is 37.0 Å². The van der Waals surface area contributed by atoms with Crippen molar-refractivity contribution < 1.29 is 20.1 Å². The van der Waals surface area contributed by atoms with Crippen molar-refractivity contribution in [2.75, 3.05) is 7.11 Å². The molecular formula is C20H23NO5. The third kappa shape index (κ3) is 3.01. The Morgan fingerprint density at radius 3 is 2.46 bits per heavy atom. The fourth-order valence-corrected chi connectivity index (χ4v) is 3.75. The molecule has 6 heteroatoms. The minimum Gasteiger partial charge on any atom is -0.493 e. The van der Waals surface area contributed by atoms with Crippen LogP contribution in [0, 0.1) is 0 Å². The summed E-state index contributed by atoms with van der Waals surface area (Å²) in [5, 5.41) is 29.5. The van der Waals surface area contributed by atoms with Crippen molar-refractivity contribution >= 4 is 0 Å². The molecule has 0 unspecified atom stereocenters. The molecule has 6 nitrogen and oxygen atoms in total. The lowest BCUT2D eigenvalue weighted by Crippen LogP contribution is -2.12. The van der Waals surface area contributed by atoms with Gasteiger partial charge < -0.3 is 25.8 Å². The van der Waals surface area contributed by atoms with Crippen molar-refractivity contribution in [1.29, 1.82) is 0 Å². The zero-order chi connectivity index (χ0) is 18.8. The molecule has 0 amide bonds. The summed E-state index contributed by atoms with van der Waals surface area (Å²) in [6.07, 6.45) is 1.27. The van der Waals surface area contributed by atoms with Crippen LogP contribution < -0.4 is 15.9 Å². The maximum Gasteiger partial charge on any atom is 0.220 e. The minimum atomic E-state index is -0.344. The van der Waals surface area contributed by atoms with Crippen LogP contribution in [0.4, 0.5) is 0 Å². The Bertz CT molecular complexity index is 894. The Hall–Kier alpha value is -2.25. The molecule has 138 valence electrons. The van der Waals surface area contributed by atoms with E-state index in [9.17, 15) is 20.1 Å². The number of aliphatic hydroxyl groups excluding tert-OH is 3. The molecule has 5 N–H and O–H groups in total. The predicted molar refractivity (Wildman–Crippen MR) is 97.7 cm³/mol. The van der Waals surface area contributed by atoms with E-state index >= 15 is 0 Å². The topological polar surface area (TPSA) is 113 Å². The van der Waals surface area contributed by atoms with Gasteiger partial charge in [-0.1, -0.05) is 12.1 Å². The fraction of sp³-hybridized carbons (Fsp3) is 0.350. The molecule has 0 radical (unpaired) electrons. The van der Waals surface area contributed by atoms with Gasteiger partial charge in [0.1, 0.15) is 0 Å². The van der Waals surface area contributed by atoms with Crippen LogP contribution in [-0.4, -0.2) is 22.4 Å². The van der Waals surface area contributed by atoms with Crippen molar-refractivity contribution in [3.63, 3.8) is 0 Å². The summed E-state index contributed by atoms with van der Waals surface area (Å²) in [4.78, 5) is 12.4. The molecule has 1 atom stereocenters. The molecule has 1 aliphatic rings. The third-order valence-electron chi connectivity index (χ3n) is 5.07. The van der Waals surface area contributed by atoms with Crippen molar-refractivity contribution in [3.05, 3.63) is 62.3 Å². The molecule has 0 aliphatic heterocycles. The smallest absolute Gasteiger partial charge is 0.220 e. The van der Waals surface area contributed by atoms with Gasteiger partial charge in [-0.05, 0) is 63.9 Å². The number of benzene rings is 1. The molecule has 1 aliphatic carbocycles. The predicted octanol–water partition coefficient (Wildman–Crippen LogP) is 1.15. The maximum absolute atomic E-state index is 12.4. The highest BCUT2D eigenvalue weighted by Gasteiger charge is 2.25. The largest absolute Gasteiger partial charge is 0.493 e. The van der Waals surface area contributed by atoms with E-state index in [0.717, 1.165) is 16.7 Å². The summed E-state index contributed by atoms with van der Waals surface area (Å²) < 4.78 is 5.14. The number of ether oxygens (including phenoxy) is 1. The first-order valence-electron chi connectivity index (χ1n) is 8.53. The second-order valence-electron chi connectivity index (χ2n) is 6.43. The molecule has 2 aromatic carbocycles. The van der Waals surface area contributed by atoms with Gasteiger partial charge in [-0.15, -0.1) is 0 Å². The van der Waals surface area contributed by atoms with Crippen LogP contribution in [0.15, 0.2) is 29.1 Å². The quantitative estimate of drug-likeness (QED) is 0.653. The summed E-state index contributed by atoms with van der Waals surface area (Å²) in [5.41, 5.74) is 10.9. The Kier molecular flexibility index (Phi) is 5.38. The monoisotopic (exact) mass is 357 g/mol. The summed E-state index contributed by atoms with van der Waals surface area (Å²) in [6, 6.07) is 6.38. The molecule has 0 bridgehead atoms. The van der Waals surface area contributed by atoms with Gasteiger partial charge in [-0.2, -0.15) is 0 Å². The fourth-order valence-electron chi connectivity index (χ4n) is 3.75. The Morgan fingerprint density at radius 2 is 1.85 bits per heavy atom. The van der Waals surface area contributed by atoms with E-state index in [1.807, 2.05) is 6.07 Å². The molecule has 0 fully saturated rings. The first-order chi connectivity index (χ1) is 12.5. The molecule has 0 spiro atoms. The number of rotatable bonds is 4. The van der Waals surface area contributed by atoms with Crippen LogP contribution >= 0.6 is 0 Å². The van der Waals surface area contributed by atoms with Crippen molar-refractivity contribution in [3.8, 4) is 16.9 Å². The number of aryl methyl sites for hydroxylation is 1. The minimum absolute atomic E-state index is 0.215. The van der Waals surface area contributed by atoms with Gasteiger partial charge in [0.05, 0.1) is 26.9 Å². The second-order valence-corrected chi connectivity index (χ2v) is 6.43. The Morgan fingerprint density at radius 1 is 1.12 bits per heavy atom. The summed E-state index contributed by atoms with van der Waals surface area (Å²) in [6.45, 7) is -0.813. The third-order valence-corrected chi connectivity index (χ3v) is 5.07.